The largest absolute Gasteiger partial charge is 0.497 e. The lowest BCUT2D eigenvalue weighted by molar-refractivity contribution is -0.140. The number of amides is 2. The summed E-state index contributed by atoms with van der Waals surface area (Å²) in [5.74, 6) is -0.514. The van der Waals surface area contributed by atoms with Gasteiger partial charge in [0.1, 0.15) is 18.3 Å². The van der Waals surface area contributed by atoms with Crippen LogP contribution in [0.25, 0.3) is 0 Å². The fourth-order valence-corrected chi connectivity index (χ4v) is 6.90. The fraction of sp³-hybridized carbons (Fsp3) is 0.394. The molecule has 1 saturated carbocycles. The maximum Gasteiger partial charge on any atom is 0.416 e. The summed E-state index contributed by atoms with van der Waals surface area (Å²) in [6.45, 7) is 0.883. The van der Waals surface area contributed by atoms with Crippen LogP contribution in [0.2, 0.25) is 0 Å². The van der Waals surface area contributed by atoms with Crippen LogP contribution < -0.4 is 14.4 Å². The van der Waals surface area contributed by atoms with Gasteiger partial charge in [-0.1, -0.05) is 62.6 Å². The molecule has 3 aromatic rings. The Hall–Kier alpha value is -4.06. The van der Waals surface area contributed by atoms with Gasteiger partial charge in [-0.3, -0.25) is 13.9 Å². The topological polar surface area (TPSA) is 96.0 Å². The van der Waals surface area contributed by atoms with E-state index in [-0.39, 0.29) is 35.5 Å². The summed E-state index contributed by atoms with van der Waals surface area (Å²) in [5.41, 5.74) is -0.732. The van der Waals surface area contributed by atoms with Crippen molar-refractivity contribution in [1.29, 1.82) is 0 Å². The third-order valence-electron chi connectivity index (χ3n) is 7.92. The number of methoxy groups -OCH3 is 1. The molecule has 2 amide bonds. The van der Waals surface area contributed by atoms with Crippen LogP contribution in [0.4, 0.5) is 18.9 Å². The molecule has 45 heavy (non-hydrogen) atoms. The molecule has 8 nitrogen and oxygen atoms in total. The molecule has 1 fully saturated rings. The predicted molar refractivity (Wildman–Crippen MR) is 165 cm³/mol. The van der Waals surface area contributed by atoms with Gasteiger partial charge in [0.05, 0.1) is 23.3 Å². The first-order valence-electron chi connectivity index (χ1n) is 14.9. The summed E-state index contributed by atoms with van der Waals surface area (Å²) >= 11 is 0. The zero-order valence-electron chi connectivity index (χ0n) is 25.3. The molecule has 1 aliphatic carbocycles. The molecular formula is C33H38F3N3O5S. The Bertz CT molecular complexity index is 1540. The second-order valence-corrected chi connectivity index (χ2v) is 12.9. The molecule has 0 heterocycles. The highest BCUT2D eigenvalue weighted by molar-refractivity contribution is 7.92. The minimum Gasteiger partial charge on any atom is -0.497 e. The van der Waals surface area contributed by atoms with Crippen LogP contribution in [-0.2, 0) is 32.3 Å². The van der Waals surface area contributed by atoms with Crippen molar-refractivity contribution in [2.75, 3.05) is 18.0 Å². The fourth-order valence-electron chi connectivity index (χ4n) is 5.48. The average Bonchev–Trinajstić information content (AvgIpc) is 3.04. The summed E-state index contributed by atoms with van der Waals surface area (Å²) in [4.78, 5) is 28.9. The highest BCUT2D eigenvalue weighted by Gasteiger charge is 2.36. The summed E-state index contributed by atoms with van der Waals surface area (Å²) < 4.78 is 74.7. The van der Waals surface area contributed by atoms with E-state index in [4.69, 9.17) is 4.74 Å². The van der Waals surface area contributed by atoms with Crippen LogP contribution in [0.5, 0.6) is 5.75 Å². The van der Waals surface area contributed by atoms with Crippen molar-refractivity contribution in [2.45, 2.75) is 75.1 Å². The predicted octanol–water partition coefficient (Wildman–Crippen LogP) is 6.17. The molecule has 1 N–H and O–H groups in total. The molecule has 0 aromatic heterocycles. The van der Waals surface area contributed by atoms with E-state index in [0.29, 0.717) is 21.7 Å². The van der Waals surface area contributed by atoms with Gasteiger partial charge in [-0.15, -0.1) is 0 Å². The minimum absolute atomic E-state index is 0.0293. The van der Waals surface area contributed by atoms with E-state index in [9.17, 15) is 31.2 Å². The number of anilines is 1. The first-order chi connectivity index (χ1) is 21.4. The van der Waals surface area contributed by atoms with E-state index in [2.05, 4.69) is 5.32 Å². The molecule has 242 valence electrons. The zero-order chi connectivity index (χ0) is 32.6. The molecule has 1 atom stereocenters. The summed E-state index contributed by atoms with van der Waals surface area (Å²) in [7, 11) is -2.98. The van der Waals surface area contributed by atoms with Crippen LogP contribution in [0.3, 0.4) is 0 Å². The normalized spacial score (nSPS) is 14.8. The Morgan fingerprint density at radius 1 is 0.956 bits per heavy atom. The standard InChI is InChI=1S/C33H38F3N3O5S/c1-3-30(32(41)37-26-12-6-4-7-13-26)38(22-24-17-19-28(44-2)20-18-24)31(40)23-39(45(42,43)29-15-8-5-9-16-29)27-14-10-11-25(21-27)33(34,35)36/h5,8-11,14-21,26,30H,3-4,6-7,12-13,22-23H2,1-2H3,(H,37,41). The number of ether oxygens (including phenoxy) is 1. The molecule has 0 radical (unpaired) electrons. The van der Waals surface area contributed by atoms with Gasteiger partial charge < -0.3 is 15.0 Å². The Labute approximate surface area is 262 Å². The number of halogens is 3. The lowest BCUT2D eigenvalue weighted by Crippen LogP contribution is -2.54. The number of nitrogens with zero attached hydrogens (tertiary/aromatic N) is 2. The maximum atomic E-state index is 14.2. The number of carbonyl (C=O) groups excluding carboxylic acids is 2. The van der Waals surface area contributed by atoms with Gasteiger partial charge in [-0.05, 0) is 67.3 Å². The Morgan fingerprint density at radius 3 is 2.22 bits per heavy atom. The number of alkyl halides is 3. The van der Waals surface area contributed by atoms with Crippen LogP contribution in [0.1, 0.15) is 56.6 Å². The molecule has 0 aliphatic heterocycles. The van der Waals surface area contributed by atoms with Crippen molar-refractivity contribution in [3.63, 3.8) is 0 Å². The number of hydrogen-bond donors (Lipinski definition) is 1. The molecule has 1 aliphatic rings. The summed E-state index contributed by atoms with van der Waals surface area (Å²) in [6.07, 6.45) is 0.203. The number of sulfonamides is 1. The molecule has 0 spiro atoms. The van der Waals surface area contributed by atoms with Crippen molar-refractivity contribution in [1.82, 2.24) is 10.2 Å². The van der Waals surface area contributed by atoms with Crippen molar-refractivity contribution in [2.24, 2.45) is 0 Å². The van der Waals surface area contributed by atoms with Gasteiger partial charge in [0.2, 0.25) is 11.8 Å². The number of benzene rings is 3. The molecule has 3 aromatic carbocycles. The smallest absolute Gasteiger partial charge is 0.416 e. The van der Waals surface area contributed by atoms with Crippen LogP contribution in [0, 0.1) is 0 Å². The van der Waals surface area contributed by atoms with Crippen molar-refractivity contribution < 1.29 is 35.9 Å². The second-order valence-electron chi connectivity index (χ2n) is 11.0. The van der Waals surface area contributed by atoms with E-state index >= 15 is 0 Å². The Morgan fingerprint density at radius 2 is 1.62 bits per heavy atom. The first kappa shape index (κ1) is 33.8. The van der Waals surface area contributed by atoms with Crippen molar-refractivity contribution in [3.05, 3.63) is 90.0 Å². The van der Waals surface area contributed by atoms with E-state index in [1.54, 1.807) is 37.3 Å². The number of hydrogen-bond acceptors (Lipinski definition) is 5. The SMILES string of the molecule is CCC(C(=O)NC1CCCCC1)N(Cc1ccc(OC)cc1)C(=O)CN(c1cccc(C(F)(F)F)c1)S(=O)(=O)c1ccccc1. The van der Waals surface area contributed by atoms with Crippen molar-refractivity contribution in [3.8, 4) is 5.75 Å². The van der Waals surface area contributed by atoms with E-state index < -0.39 is 40.3 Å². The lowest BCUT2D eigenvalue weighted by Gasteiger charge is -2.34. The third kappa shape index (κ3) is 8.56. The molecule has 4 rings (SSSR count). The highest BCUT2D eigenvalue weighted by atomic mass is 32.2. The van der Waals surface area contributed by atoms with Gasteiger partial charge in [0, 0.05) is 12.6 Å². The summed E-state index contributed by atoms with van der Waals surface area (Å²) in [6, 6.07) is 16.9. The van der Waals surface area contributed by atoms with E-state index in [1.165, 1.54) is 42.3 Å². The van der Waals surface area contributed by atoms with Crippen LogP contribution >= 0.6 is 0 Å². The second kappa shape index (κ2) is 14.8. The molecule has 0 saturated heterocycles. The van der Waals surface area contributed by atoms with Gasteiger partial charge >= 0.3 is 6.18 Å². The first-order valence-corrected chi connectivity index (χ1v) is 16.4. The molecule has 0 bridgehead atoms. The number of rotatable bonds is 12. The quantitative estimate of drug-likeness (QED) is 0.254. The van der Waals surface area contributed by atoms with E-state index in [1.807, 2.05) is 0 Å². The van der Waals surface area contributed by atoms with Gasteiger partial charge in [0.25, 0.3) is 10.0 Å². The third-order valence-corrected chi connectivity index (χ3v) is 9.71. The minimum atomic E-state index is -4.74. The summed E-state index contributed by atoms with van der Waals surface area (Å²) in [5, 5.41) is 3.06. The van der Waals surface area contributed by atoms with E-state index in [0.717, 1.165) is 44.2 Å². The molecule has 12 heteroatoms. The Balaban J connectivity index is 1.74. The molecular weight excluding hydrogens is 607 g/mol. The van der Waals surface area contributed by atoms with Crippen molar-refractivity contribution >= 4 is 27.5 Å². The molecule has 1 unspecified atom stereocenters. The van der Waals surface area contributed by atoms with Gasteiger partial charge in [-0.25, -0.2) is 8.42 Å². The van der Waals surface area contributed by atoms with Crippen LogP contribution in [-0.4, -0.2) is 50.9 Å². The number of nitrogens with one attached hydrogen (secondary N) is 1. The monoisotopic (exact) mass is 645 g/mol. The maximum absolute atomic E-state index is 14.2. The lowest BCUT2D eigenvalue weighted by atomic mass is 9.95. The Kier molecular flexibility index (Phi) is 11.1. The van der Waals surface area contributed by atoms with Gasteiger partial charge in [0.15, 0.2) is 0 Å². The van der Waals surface area contributed by atoms with Crippen LogP contribution in [0.15, 0.2) is 83.8 Å². The number of carbonyl (C=O) groups is 2. The van der Waals surface area contributed by atoms with Gasteiger partial charge in [-0.2, -0.15) is 13.2 Å². The average molecular weight is 646 g/mol. The highest BCUT2D eigenvalue weighted by Crippen LogP contribution is 2.33. The zero-order valence-corrected chi connectivity index (χ0v) is 26.1.